The Kier molecular flexibility index (Phi) is 3.55. The fraction of sp³-hybridized carbons (Fsp3) is 0.455. The van der Waals surface area contributed by atoms with E-state index in [9.17, 15) is 4.79 Å². The molecule has 0 aliphatic carbocycles. The van der Waals surface area contributed by atoms with Crippen LogP contribution in [0.15, 0.2) is 18.3 Å². The van der Waals surface area contributed by atoms with Crippen molar-refractivity contribution in [3.05, 3.63) is 24.0 Å². The maximum absolute atomic E-state index is 11.9. The van der Waals surface area contributed by atoms with E-state index in [-0.39, 0.29) is 18.1 Å². The molecule has 0 saturated carbocycles. The normalized spacial score (nSPS) is 23.4. The highest BCUT2D eigenvalue weighted by Crippen LogP contribution is 2.13. The van der Waals surface area contributed by atoms with E-state index < -0.39 is 0 Å². The lowest BCUT2D eigenvalue weighted by Gasteiger charge is -2.15. The molecule has 6 nitrogen and oxygen atoms in total. The monoisotopic (exact) mass is 236 g/mol. The first-order valence-corrected chi connectivity index (χ1v) is 5.56. The Hall–Kier alpha value is -1.66. The summed E-state index contributed by atoms with van der Waals surface area (Å²) in [5, 5.41) is 2.90. The van der Waals surface area contributed by atoms with E-state index in [2.05, 4.69) is 15.7 Å². The van der Waals surface area contributed by atoms with Crippen molar-refractivity contribution in [3.63, 3.8) is 0 Å². The molecule has 1 aromatic rings. The highest BCUT2D eigenvalue weighted by Gasteiger charge is 2.26. The van der Waals surface area contributed by atoms with E-state index in [0.717, 1.165) is 6.42 Å². The van der Waals surface area contributed by atoms with Gasteiger partial charge in [0.25, 0.3) is 5.91 Å². The molecule has 1 fully saturated rings. The van der Waals surface area contributed by atoms with E-state index in [4.69, 9.17) is 10.6 Å². The molecule has 1 aromatic heterocycles. The van der Waals surface area contributed by atoms with Gasteiger partial charge in [0.15, 0.2) is 0 Å². The molecule has 2 unspecified atom stereocenters. The minimum absolute atomic E-state index is 0.0507. The minimum Gasteiger partial charge on any atom is -0.376 e. The first-order chi connectivity index (χ1) is 8.20. The topological polar surface area (TPSA) is 89.3 Å². The number of nitrogen functional groups attached to an aromatic ring is 1. The van der Waals surface area contributed by atoms with Crippen LogP contribution in [-0.4, -0.2) is 29.6 Å². The van der Waals surface area contributed by atoms with E-state index >= 15 is 0 Å². The van der Waals surface area contributed by atoms with Crippen LogP contribution in [-0.2, 0) is 4.74 Å². The molecule has 0 bridgehead atoms. The molecular formula is C11H16N4O2. The van der Waals surface area contributed by atoms with Crippen LogP contribution < -0.4 is 16.6 Å². The number of anilines is 1. The molecule has 1 aliphatic rings. The molecule has 0 aromatic carbocycles. The van der Waals surface area contributed by atoms with Gasteiger partial charge in [-0.15, -0.1) is 0 Å². The van der Waals surface area contributed by atoms with Crippen LogP contribution in [0.1, 0.15) is 23.8 Å². The molecule has 92 valence electrons. The van der Waals surface area contributed by atoms with Crippen molar-refractivity contribution in [2.45, 2.75) is 25.5 Å². The number of nitrogens with two attached hydrogens (primary N) is 1. The second kappa shape index (κ2) is 5.11. The van der Waals surface area contributed by atoms with Gasteiger partial charge in [-0.25, -0.2) is 0 Å². The fourth-order valence-corrected chi connectivity index (χ4v) is 1.81. The number of pyridine rings is 1. The Balaban J connectivity index is 2.03. The zero-order valence-corrected chi connectivity index (χ0v) is 9.64. The molecule has 1 aliphatic heterocycles. The third kappa shape index (κ3) is 2.72. The molecule has 4 N–H and O–H groups in total. The number of carbonyl (C=O) groups excluding carboxylic acids is 1. The van der Waals surface area contributed by atoms with Gasteiger partial charge < -0.3 is 15.5 Å². The van der Waals surface area contributed by atoms with Crippen LogP contribution in [0, 0.1) is 0 Å². The number of hydrazine groups is 1. The van der Waals surface area contributed by atoms with Crippen LogP contribution in [0.5, 0.6) is 0 Å². The Morgan fingerprint density at radius 1 is 1.65 bits per heavy atom. The van der Waals surface area contributed by atoms with E-state index in [1.165, 1.54) is 0 Å². The van der Waals surface area contributed by atoms with E-state index in [1.807, 2.05) is 6.92 Å². The number of nitrogens with one attached hydrogen (secondary N) is 2. The van der Waals surface area contributed by atoms with Gasteiger partial charge in [0.05, 0.1) is 17.8 Å². The lowest BCUT2D eigenvalue weighted by atomic mass is 10.1. The molecule has 1 amide bonds. The first-order valence-electron chi connectivity index (χ1n) is 5.56. The van der Waals surface area contributed by atoms with E-state index in [0.29, 0.717) is 18.0 Å². The molecule has 2 rings (SSSR count). The van der Waals surface area contributed by atoms with Gasteiger partial charge in [-0.2, -0.15) is 0 Å². The predicted molar refractivity (Wildman–Crippen MR) is 63.3 cm³/mol. The average molecular weight is 236 g/mol. The summed E-state index contributed by atoms with van der Waals surface area (Å²) in [6.07, 6.45) is 2.43. The van der Waals surface area contributed by atoms with Crippen LogP contribution in [0.2, 0.25) is 0 Å². The number of aromatic nitrogens is 1. The summed E-state index contributed by atoms with van der Waals surface area (Å²) in [6, 6.07) is 3.35. The van der Waals surface area contributed by atoms with Gasteiger partial charge in [-0.3, -0.25) is 15.6 Å². The Morgan fingerprint density at radius 2 is 2.47 bits per heavy atom. The fourth-order valence-electron chi connectivity index (χ4n) is 1.81. The van der Waals surface area contributed by atoms with Crippen molar-refractivity contribution in [3.8, 4) is 0 Å². The van der Waals surface area contributed by atoms with Gasteiger partial charge in [0.2, 0.25) is 0 Å². The Bertz CT molecular complexity index is 410. The van der Waals surface area contributed by atoms with Gasteiger partial charge in [0.1, 0.15) is 5.69 Å². The summed E-state index contributed by atoms with van der Waals surface area (Å²) in [5.41, 5.74) is 3.48. The quantitative estimate of drug-likeness (QED) is 0.518. The van der Waals surface area contributed by atoms with Crippen LogP contribution in [0.4, 0.5) is 5.69 Å². The summed E-state index contributed by atoms with van der Waals surface area (Å²) in [4.78, 5) is 15.9. The molecule has 2 atom stereocenters. The molecular weight excluding hydrogens is 220 g/mol. The number of carbonyl (C=O) groups is 1. The second-order valence-electron chi connectivity index (χ2n) is 4.02. The number of amides is 1. The van der Waals surface area contributed by atoms with Crippen LogP contribution in [0.25, 0.3) is 0 Å². The molecule has 0 radical (unpaired) electrons. The van der Waals surface area contributed by atoms with Crippen molar-refractivity contribution in [1.82, 2.24) is 10.3 Å². The van der Waals surface area contributed by atoms with Gasteiger partial charge in [-0.1, -0.05) is 0 Å². The number of nitrogens with zero attached hydrogens (tertiary/aromatic N) is 1. The van der Waals surface area contributed by atoms with Crippen molar-refractivity contribution in [2.75, 3.05) is 12.0 Å². The van der Waals surface area contributed by atoms with Gasteiger partial charge in [0, 0.05) is 12.8 Å². The number of hydrogen-bond acceptors (Lipinski definition) is 5. The summed E-state index contributed by atoms with van der Waals surface area (Å²) in [6.45, 7) is 2.63. The number of ether oxygens (including phenoxy) is 1. The van der Waals surface area contributed by atoms with Gasteiger partial charge >= 0.3 is 0 Å². The Morgan fingerprint density at radius 3 is 3.12 bits per heavy atom. The highest BCUT2D eigenvalue weighted by atomic mass is 16.5. The summed E-state index contributed by atoms with van der Waals surface area (Å²) in [7, 11) is 0. The molecule has 2 heterocycles. The lowest BCUT2D eigenvalue weighted by Crippen LogP contribution is -2.39. The first kappa shape index (κ1) is 11.8. The van der Waals surface area contributed by atoms with Crippen molar-refractivity contribution in [2.24, 2.45) is 5.84 Å². The van der Waals surface area contributed by atoms with Crippen molar-refractivity contribution >= 4 is 11.6 Å². The summed E-state index contributed by atoms with van der Waals surface area (Å²) >= 11 is 0. The zero-order chi connectivity index (χ0) is 12.3. The Labute approximate surface area is 99.5 Å². The molecule has 17 heavy (non-hydrogen) atoms. The summed E-state index contributed by atoms with van der Waals surface area (Å²) in [5.74, 6) is 5.07. The lowest BCUT2D eigenvalue weighted by molar-refractivity contribution is 0.0862. The van der Waals surface area contributed by atoms with E-state index in [1.54, 1.807) is 18.3 Å². The third-order valence-corrected chi connectivity index (χ3v) is 2.85. The molecule has 0 spiro atoms. The van der Waals surface area contributed by atoms with Crippen molar-refractivity contribution in [1.29, 1.82) is 0 Å². The minimum atomic E-state index is -0.204. The van der Waals surface area contributed by atoms with Crippen molar-refractivity contribution < 1.29 is 9.53 Å². The number of rotatable bonds is 3. The highest BCUT2D eigenvalue weighted by molar-refractivity contribution is 5.93. The van der Waals surface area contributed by atoms with Gasteiger partial charge in [-0.05, 0) is 25.5 Å². The second-order valence-corrected chi connectivity index (χ2v) is 4.02. The molecule has 1 saturated heterocycles. The average Bonchev–Trinajstić information content (AvgIpc) is 2.75. The van der Waals surface area contributed by atoms with Crippen LogP contribution in [0.3, 0.4) is 0 Å². The smallest absolute Gasteiger partial charge is 0.270 e. The summed E-state index contributed by atoms with van der Waals surface area (Å²) < 4.78 is 5.38. The maximum Gasteiger partial charge on any atom is 0.270 e. The number of hydrogen-bond donors (Lipinski definition) is 3. The maximum atomic E-state index is 11.9. The SMILES string of the molecule is CC1OCCC1NC(=O)c1cc(NN)ccn1. The molecule has 6 heteroatoms. The largest absolute Gasteiger partial charge is 0.376 e. The third-order valence-electron chi connectivity index (χ3n) is 2.85. The standard InChI is InChI=1S/C11H16N4O2/c1-7-9(3-5-17-7)14-11(16)10-6-8(15-12)2-4-13-10/h2,4,6-7,9H,3,5,12H2,1H3,(H,13,15)(H,14,16). The zero-order valence-electron chi connectivity index (χ0n) is 9.64. The predicted octanol–water partition coefficient (Wildman–Crippen LogP) is 0.274. The van der Waals surface area contributed by atoms with Crippen LogP contribution >= 0.6 is 0 Å².